The summed E-state index contributed by atoms with van der Waals surface area (Å²) in [4.78, 5) is 0. The molecule has 0 aromatic heterocycles. The van der Waals surface area contributed by atoms with Crippen LogP contribution in [0.25, 0.3) is 0 Å². The molecule has 0 aromatic rings. The molecule has 0 aromatic carbocycles. The maximum Gasteiger partial charge on any atom is 0.0656 e. The van der Waals surface area contributed by atoms with Crippen LogP contribution in [-0.4, -0.2) is 32.0 Å². The van der Waals surface area contributed by atoms with Crippen molar-refractivity contribution in [2.45, 2.75) is 24.9 Å². The lowest BCUT2D eigenvalue weighted by Gasteiger charge is -2.45. The number of hydrogen-bond acceptors (Lipinski definition) is 4. The summed E-state index contributed by atoms with van der Waals surface area (Å²) in [6, 6.07) is 1.16. The van der Waals surface area contributed by atoms with Gasteiger partial charge < -0.3 is 10.6 Å². The van der Waals surface area contributed by atoms with Gasteiger partial charge in [0.25, 0.3) is 0 Å². The van der Waals surface area contributed by atoms with Crippen LogP contribution in [0, 0.1) is 11.8 Å². The highest BCUT2D eigenvalue weighted by atomic mass is 15.2. The zero-order valence-corrected chi connectivity index (χ0v) is 10.00. The van der Waals surface area contributed by atoms with Crippen LogP contribution in [0.4, 0.5) is 0 Å². The highest BCUT2D eigenvalue weighted by Crippen LogP contribution is 2.40. The zero-order valence-electron chi connectivity index (χ0n) is 10.00. The van der Waals surface area contributed by atoms with Gasteiger partial charge in [0.05, 0.1) is 12.7 Å². The number of nitrogens with one attached hydrogen (secondary N) is 4. The average molecular weight is 232 g/mol. The highest BCUT2D eigenvalue weighted by molar-refractivity contribution is 5.37. The Morgan fingerprint density at radius 2 is 1.94 bits per heavy atom. The molecule has 0 spiro atoms. The van der Waals surface area contributed by atoms with Gasteiger partial charge in [-0.15, -0.1) is 0 Å². The summed E-state index contributed by atoms with van der Waals surface area (Å²) in [6.07, 6.45) is 7.32. The summed E-state index contributed by atoms with van der Waals surface area (Å²) in [6.45, 7) is 3.06. The first-order chi connectivity index (χ1) is 8.43. The third kappa shape index (κ3) is 1.48. The van der Waals surface area contributed by atoms with Crippen LogP contribution in [0.15, 0.2) is 23.4 Å². The summed E-state index contributed by atoms with van der Waals surface area (Å²) in [5, 5.41) is 14.1. The third-order valence-electron chi connectivity index (χ3n) is 4.77. The molecule has 1 saturated carbocycles. The van der Waals surface area contributed by atoms with Gasteiger partial charge in [-0.3, -0.25) is 10.6 Å². The Kier molecular flexibility index (Phi) is 2.28. The Balaban J connectivity index is 1.67. The van der Waals surface area contributed by atoms with E-state index in [9.17, 15) is 0 Å². The Morgan fingerprint density at radius 1 is 1.00 bits per heavy atom. The molecule has 2 aliphatic carbocycles. The molecule has 4 N–H and O–H groups in total. The standard InChI is InChI=1S/C13H20N4/c1-2-10-9(12-8(1)5-14-6-16-12)3-4-11-13(10)17-7-15-11/h3-4,8,10,12-17H,1-2,5-7H2. The number of fused-ring (bicyclic) bond motifs is 5. The molecular weight excluding hydrogens is 212 g/mol. The van der Waals surface area contributed by atoms with E-state index in [0.29, 0.717) is 18.0 Å². The lowest BCUT2D eigenvalue weighted by atomic mass is 9.69. The van der Waals surface area contributed by atoms with Crippen molar-refractivity contribution in [3.8, 4) is 0 Å². The minimum Gasteiger partial charge on any atom is -0.374 e. The predicted molar refractivity (Wildman–Crippen MR) is 67.1 cm³/mol. The minimum atomic E-state index is 0.549. The quantitative estimate of drug-likeness (QED) is 0.470. The van der Waals surface area contributed by atoms with E-state index < -0.39 is 0 Å². The fraction of sp³-hybridized carbons (Fsp3) is 0.692. The van der Waals surface area contributed by atoms with Gasteiger partial charge in [-0.05, 0) is 30.4 Å². The van der Waals surface area contributed by atoms with Gasteiger partial charge >= 0.3 is 0 Å². The van der Waals surface area contributed by atoms with Crippen molar-refractivity contribution >= 4 is 0 Å². The lowest BCUT2D eigenvalue weighted by Crippen LogP contribution is -2.57. The molecule has 4 aliphatic rings. The largest absolute Gasteiger partial charge is 0.374 e. The molecule has 4 heteroatoms. The topological polar surface area (TPSA) is 48.1 Å². The molecule has 2 heterocycles. The molecule has 4 rings (SSSR count). The van der Waals surface area contributed by atoms with Gasteiger partial charge in [0.1, 0.15) is 0 Å². The molecule has 92 valence electrons. The van der Waals surface area contributed by atoms with Crippen molar-refractivity contribution in [2.75, 3.05) is 19.9 Å². The van der Waals surface area contributed by atoms with E-state index in [1.807, 2.05) is 0 Å². The number of rotatable bonds is 0. The molecule has 4 unspecified atom stereocenters. The van der Waals surface area contributed by atoms with E-state index in [4.69, 9.17) is 0 Å². The van der Waals surface area contributed by atoms with E-state index in [2.05, 4.69) is 33.4 Å². The van der Waals surface area contributed by atoms with Crippen molar-refractivity contribution in [3.05, 3.63) is 23.4 Å². The van der Waals surface area contributed by atoms with Crippen molar-refractivity contribution in [3.63, 3.8) is 0 Å². The summed E-state index contributed by atoms with van der Waals surface area (Å²) < 4.78 is 0. The molecule has 4 atom stereocenters. The van der Waals surface area contributed by atoms with Crippen molar-refractivity contribution in [2.24, 2.45) is 11.8 Å². The summed E-state index contributed by atoms with van der Waals surface area (Å²) in [5.41, 5.74) is 3.03. The van der Waals surface area contributed by atoms with Crippen molar-refractivity contribution < 1.29 is 0 Å². The van der Waals surface area contributed by atoms with Crippen LogP contribution in [0.2, 0.25) is 0 Å². The first-order valence-electron chi connectivity index (χ1n) is 6.76. The molecule has 0 radical (unpaired) electrons. The Hall–Kier alpha value is -0.840. The van der Waals surface area contributed by atoms with E-state index in [1.165, 1.54) is 25.1 Å². The van der Waals surface area contributed by atoms with Gasteiger partial charge in [-0.25, -0.2) is 0 Å². The fourth-order valence-electron chi connectivity index (χ4n) is 3.95. The Labute approximate surface area is 102 Å². The van der Waals surface area contributed by atoms with Gasteiger partial charge in [0, 0.05) is 30.9 Å². The van der Waals surface area contributed by atoms with Gasteiger partial charge in [0.2, 0.25) is 0 Å². The van der Waals surface area contributed by atoms with Crippen LogP contribution < -0.4 is 21.3 Å². The molecule has 0 bridgehead atoms. The SMILES string of the molecule is C1=C2C(CCC3CNCNC23)C2NCNC2=C1. The summed E-state index contributed by atoms with van der Waals surface area (Å²) in [5.74, 6) is 1.49. The Morgan fingerprint density at radius 3 is 2.94 bits per heavy atom. The monoisotopic (exact) mass is 232 g/mol. The maximum absolute atomic E-state index is 3.64. The minimum absolute atomic E-state index is 0.549. The van der Waals surface area contributed by atoms with Crippen LogP contribution in [0.1, 0.15) is 12.8 Å². The van der Waals surface area contributed by atoms with Gasteiger partial charge in [0.15, 0.2) is 0 Å². The normalized spacial score (nSPS) is 43.8. The molecular formula is C13H20N4. The molecule has 2 saturated heterocycles. The molecule has 3 fully saturated rings. The van der Waals surface area contributed by atoms with E-state index in [-0.39, 0.29) is 0 Å². The zero-order chi connectivity index (χ0) is 11.2. The second-order valence-corrected chi connectivity index (χ2v) is 5.58. The summed E-state index contributed by atoms with van der Waals surface area (Å²) in [7, 11) is 0. The first-order valence-corrected chi connectivity index (χ1v) is 6.76. The van der Waals surface area contributed by atoms with Crippen LogP contribution in [0.3, 0.4) is 0 Å². The third-order valence-corrected chi connectivity index (χ3v) is 4.77. The molecule has 2 aliphatic heterocycles. The second kappa shape index (κ2) is 3.83. The van der Waals surface area contributed by atoms with Crippen LogP contribution in [-0.2, 0) is 0 Å². The predicted octanol–water partition coefficient (Wildman–Crippen LogP) is -0.126. The fourth-order valence-corrected chi connectivity index (χ4v) is 3.95. The first kappa shape index (κ1) is 10.1. The maximum atomic E-state index is 3.64. The van der Waals surface area contributed by atoms with Crippen LogP contribution in [0.5, 0.6) is 0 Å². The van der Waals surface area contributed by atoms with Crippen LogP contribution >= 0.6 is 0 Å². The van der Waals surface area contributed by atoms with Crippen molar-refractivity contribution in [1.29, 1.82) is 0 Å². The molecule has 4 nitrogen and oxygen atoms in total. The second-order valence-electron chi connectivity index (χ2n) is 5.58. The summed E-state index contributed by atoms with van der Waals surface area (Å²) >= 11 is 0. The van der Waals surface area contributed by atoms with Crippen molar-refractivity contribution in [1.82, 2.24) is 21.3 Å². The Bertz CT molecular complexity index is 383. The number of hydrogen-bond donors (Lipinski definition) is 4. The number of allylic oxidation sites excluding steroid dienone is 2. The molecule has 0 amide bonds. The van der Waals surface area contributed by atoms with E-state index >= 15 is 0 Å². The smallest absolute Gasteiger partial charge is 0.0656 e. The van der Waals surface area contributed by atoms with E-state index in [1.54, 1.807) is 5.57 Å². The molecule has 17 heavy (non-hydrogen) atoms. The highest BCUT2D eigenvalue weighted by Gasteiger charge is 2.42. The van der Waals surface area contributed by atoms with Gasteiger partial charge in [-0.2, -0.15) is 0 Å². The van der Waals surface area contributed by atoms with Gasteiger partial charge in [-0.1, -0.05) is 6.08 Å². The lowest BCUT2D eigenvalue weighted by molar-refractivity contribution is 0.215. The average Bonchev–Trinajstić information content (AvgIpc) is 2.86. The van der Waals surface area contributed by atoms with E-state index in [0.717, 1.165) is 19.3 Å².